The number of halogens is 1. The van der Waals surface area contributed by atoms with Crippen LogP contribution in [0.2, 0.25) is 5.02 Å². The molecule has 13 nitrogen and oxygen atoms in total. The molecule has 2 saturated heterocycles. The number of allylic oxidation sites excluding steroid dienone is 3. The second kappa shape index (κ2) is 16.1. The van der Waals surface area contributed by atoms with Gasteiger partial charge >= 0.3 is 12.1 Å². The molecule has 3 amide bonds. The number of methoxy groups -OCH3 is 2. The first kappa shape index (κ1) is 39.7. The molecule has 14 heteroatoms. The number of esters is 1. The molecule has 8 unspecified atom stereocenters. The van der Waals surface area contributed by atoms with E-state index in [0.717, 1.165) is 11.1 Å². The fourth-order valence-electron chi connectivity index (χ4n) is 6.57. The molecule has 4 rings (SSSR count). The van der Waals surface area contributed by atoms with Crippen molar-refractivity contribution in [1.29, 1.82) is 0 Å². The zero-order valence-corrected chi connectivity index (χ0v) is 31.1. The number of fused-ring (bicyclic) bond motifs is 5. The van der Waals surface area contributed by atoms with Crippen LogP contribution >= 0.6 is 11.6 Å². The summed E-state index contributed by atoms with van der Waals surface area (Å²) in [6.07, 6.45) is 6.44. The fourth-order valence-corrected chi connectivity index (χ4v) is 6.89. The summed E-state index contributed by atoms with van der Waals surface area (Å²) in [4.78, 5) is 55.8. The van der Waals surface area contributed by atoms with Gasteiger partial charge in [-0.15, -0.1) is 12.3 Å². The normalized spacial score (nSPS) is 31.7. The van der Waals surface area contributed by atoms with Gasteiger partial charge in [-0.1, -0.05) is 42.3 Å². The van der Waals surface area contributed by atoms with Gasteiger partial charge in [0, 0.05) is 46.4 Å². The number of nitrogens with zero attached hydrogens (tertiary/aromatic N) is 2. The average molecular weight is 730 g/mol. The number of benzene rings is 1. The number of anilines is 1. The lowest BCUT2D eigenvalue weighted by Gasteiger charge is -2.42. The Morgan fingerprint density at radius 3 is 2.65 bits per heavy atom. The molecule has 278 valence electrons. The predicted octanol–water partition coefficient (Wildman–Crippen LogP) is 3.93. The summed E-state index contributed by atoms with van der Waals surface area (Å²) < 4.78 is 29.1. The van der Waals surface area contributed by atoms with Gasteiger partial charge in [-0.25, -0.2) is 9.59 Å². The predicted molar refractivity (Wildman–Crippen MR) is 189 cm³/mol. The van der Waals surface area contributed by atoms with E-state index in [-0.39, 0.29) is 36.6 Å². The monoisotopic (exact) mass is 729 g/mol. The number of carbonyl (C=O) groups is 4. The summed E-state index contributed by atoms with van der Waals surface area (Å²) in [6, 6.07) is 2.56. The van der Waals surface area contributed by atoms with Crippen LogP contribution in [0.1, 0.15) is 58.9 Å². The standard InChI is InChI=1S/C37H48ClN3O10/c1-10-11-15-30(42)40(6)23(4)34(44)50-29-19-31(43)41(7)25-17-24(18-26(47-8)32(25)38)16-21(2)13-12-14-28(48-9)37(46)20-27(49-35(45)39-37)22(3)33-36(29,5)51-33/h1,12-14,17-18,22-23,27-29,33,46H,11,15-16,19-20H2,2-9H3,(H,39,45)/b14-12+,21-13+. The molecule has 1 aromatic rings. The number of carbonyl (C=O) groups excluding carboxylic acids is 4. The van der Waals surface area contributed by atoms with E-state index in [0.29, 0.717) is 17.9 Å². The van der Waals surface area contributed by atoms with Crippen LogP contribution in [0.4, 0.5) is 10.5 Å². The molecular weight excluding hydrogens is 682 g/mol. The second-order valence-corrected chi connectivity index (χ2v) is 14.0. The zero-order chi connectivity index (χ0) is 37.8. The van der Waals surface area contributed by atoms with Crippen LogP contribution in [0.15, 0.2) is 35.9 Å². The minimum Gasteiger partial charge on any atom is -0.495 e. The molecule has 0 saturated carbocycles. The first-order valence-corrected chi connectivity index (χ1v) is 17.2. The van der Waals surface area contributed by atoms with Crippen molar-refractivity contribution in [2.24, 2.45) is 5.92 Å². The van der Waals surface area contributed by atoms with E-state index < -0.39 is 65.7 Å². The minimum absolute atomic E-state index is 0.0530. The lowest BCUT2D eigenvalue weighted by molar-refractivity contribution is -0.162. The van der Waals surface area contributed by atoms with Gasteiger partial charge in [0.15, 0.2) is 5.72 Å². The molecule has 3 aliphatic rings. The van der Waals surface area contributed by atoms with Crippen LogP contribution < -0.4 is 15.0 Å². The molecule has 3 aliphatic heterocycles. The van der Waals surface area contributed by atoms with Crippen LogP contribution in [0.5, 0.6) is 5.75 Å². The van der Waals surface area contributed by atoms with Crippen molar-refractivity contribution in [2.45, 2.75) is 102 Å². The van der Waals surface area contributed by atoms with Crippen molar-refractivity contribution in [1.82, 2.24) is 10.2 Å². The Morgan fingerprint density at radius 2 is 2.00 bits per heavy atom. The highest BCUT2D eigenvalue weighted by Crippen LogP contribution is 2.49. The number of likely N-dealkylation sites (N-methyl/N-ethyl adjacent to an activating group) is 1. The molecule has 2 N–H and O–H groups in total. The zero-order valence-electron chi connectivity index (χ0n) is 30.4. The molecule has 1 aromatic carbocycles. The molecule has 3 heterocycles. The quantitative estimate of drug-likeness (QED) is 0.240. The average Bonchev–Trinajstić information content (AvgIpc) is 3.79. The number of alkyl carbamates (subject to hydrolysis) is 1. The van der Waals surface area contributed by atoms with Gasteiger partial charge in [0.1, 0.15) is 40.7 Å². The molecule has 0 spiro atoms. The Morgan fingerprint density at radius 1 is 1.29 bits per heavy atom. The molecule has 4 bridgehead atoms. The van der Waals surface area contributed by atoms with E-state index in [1.165, 1.54) is 38.0 Å². The second-order valence-electron chi connectivity index (χ2n) is 13.6. The molecular formula is C37H48ClN3O10. The maximum Gasteiger partial charge on any atom is 0.409 e. The first-order chi connectivity index (χ1) is 24.0. The van der Waals surface area contributed by atoms with Gasteiger partial charge in [0.25, 0.3) is 0 Å². The van der Waals surface area contributed by atoms with E-state index >= 15 is 0 Å². The highest BCUT2D eigenvalue weighted by atomic mass is 35.5. The number of aliphatic hydroxyl groups is 1. The topological polar surface area (TPSA) is 156 Å². The maximum atomic E-state index is 14.1. The van der Waals surface area contributed by atoms with Crippen LogP contribution in [0, 0.1) is 18.3 Å². The molecule has 0 aliphatic carbocycles. The molecule has 51 heavy (non-hydrogen) atoms. The van der Waals surface area contributed by atoms with E-state index in [1.807, 2.05) is 13.0 Å². The van der Waals surface area contributed by atoms with E-state index in [1.54, 1.807) is 45.2 Å². The smallest absolute Gasteiger partial charge is 0.409 e. The summed E-state index contributed by atoms with van der Waals surface area (Å²) in [7, 11) is 5.95. The number of nitrogens with one attached hydrogen (secondary N) is 1. The van der Waals surface area contributed by atoms with Crippen LogP contribution in [0.25, 0.3) is 0 Å². The third-order valence-electron chi connectivity index (χ3n) is 10.0. The summed E-state index contributed by atoms with van der Waals surface area (Å²) >= 11 is 6.73. The summed E-state index contributed by atoms with van der Waals surface area (Å²) in [5.74, 6) is 0.706. The van der Waals surface area contributed by atoms with Gasteiger partial charge in [0.2, 0.25) is 11.8 Å². The van der Waals surface area contributed by atoms with Crippen molar-refractivity contribution in [3.05, 3.63) is 46.5 Å². The number of terminal acetylenes is 1. The van der Waals surface area contributed by atoms with E-state index in [2.05, 4.69) is 11.2 Å². The van der Waals surface area contributed by atoms with Crippen molar-refractivity contribution in [3.8, 4) is 18.1 Å². The molecule has 0 aromatic heterocycles. The number of rotatable bonds is 7. The molecule has 0 radical (unpaired) electrons. The summed E-state index contributed by atoms with van der Waals surface area (Å²) in [5.41, 5.74) is -0.944. The van der Waals surface area contributed by atoms with Gasteiger partial charge < -0.3 is 38.6 Å². The molecule has 2 fully saturated rings. The number of ether oxygens (including phenoxy) is 5. The Kier molecular flexibility index (Phi) is 12.5. The summed E-state index contributed by atoms with van der Waals surface area (Å²) in [6.45, 7) is 6.93. The Balaban J connectivity index is 1.77. The number of hydrogen-bond donors (Lipinski definition) is 2. The van der Waals surface area contributed by atoms with Crippen LogP contribution in [0.3, 0.4) is 0 Å². The van der Waals surface area contributed by atoms with Crippen LogP contribution in [-0.2, 0) is 39.8 Å². The van der Waals surface area contributed by atoms with E-state index in [4.69, 9.17) is 41.7 Å². The van der Waals surface area contributed by atoms with Crippen molar-refractivity contribution < 1.29 is 48.0 Å². The SMILES string of the molecule is C#CCCC(=O)N(C)C(C)C(=O)OC1CC(=O)N(C)c2cc(cc(OC)c2Cl)C/C(C)=C/C=C/C(OC)C2(O)CC(OC(=O)N2)C(C)C2OC12C. The van der Waals surface area contributed by atoms with Crippen molar-refractivity contribution in [2.75, 3.05) is 33.2 Å². The lowest BCUT2D eigenvalue weighted by Crippen LogP contribution is -2.63. The Labute approximate surface area is 304 Å². The van der Waals surface area contributed by atoms with Gasteiger partial charge in [-0.2, -0.15) is 0 Å². The maximum absolute atomic E-state index is 14.1. The minimum atomic E-state index is -1.83. The third-order valence-corrected chi connectivity index (χ3v) is 10.4. The van der Waals surface area contributed by atoms with Gasteiger partial charge in [0.05, 0.1) is 25.3 Å². The van der Waals surface area contributed by atoms with Gasteiger partial charge in [-0.3, -0.25) is 14.9 Å². The third kappa shape index (κ3) is 8.69. The number of hydrogen-bond acceptors (Lipinski definition) is 10. The highest BCUT2D eigenvalue weighted by molar-refractivity contribution is 6.35. The number of epoxide rings is 1. The van der Waals surface area contributed by atoms with Crippen molar-refractivity contribution in [3.63, 3.8) is 0 Å². The van der Waals surface area contributed by atoms with E-state index in [9.17, 15) is 24.3 Å². The fraction of sp³-hybridized carbons (Fsp3) is 0.568. The lowest BCUT2D eigenvalue weighted by atomic mass is 9.83. The van der Waals surface area contributed by atoms with Crippen LogP contribution in [-0.4, -0.2) is 104 Å². The molecule has 8 atom stereocenters. The number of amides is 3. The summed E-state index contributed by atoms with van der Waals surface area (Å²) in [5, 5.41) is 14.4. The van der Waals surface area contributed by atoms with Crippen molar-refractivity contribution >= 4 is 41.2 Å². The highest BCUT2D eigenvalue weighted by Gasteiger charge is 2.64. The Bertz CT molecular complexity index is 1620. The first-order valence-electron chi connectivity index (χ1n) is 16.8. The largest absolute Gasteiger partial charge is 0.495 e. The van der Waals surface area contributed by atoms with Gasteiger partial charge in [-0.05, 0) is 44.9 Å². The Hall–Kier alpha value is -4.09.